The van der Waals surface area contributed by atoms with E-state index in [1.165, 1.54) is 6.07 Å². The van der Waals surface area contributed by atoms with Gasteiger partial charge in [-0.05, 0) is 48.9 Å². The van der Waals surface area contributed by atoms with E-state index < -0.39 is 0 Å². The molecule has 1 aliphatic rings. The summed E-state index contributed by atoms with van der Waals surface area (Å²) in [4.78, 5) is 37.6. The van der Waals surface area contributed by atoms with Crippen LogP contribution in [0.3, 0.4) is 0 Å². The molecule has 0 atom stereocenters. The number of fused-ring (bicyclic) bond motifs is 2. The Bertz CT molecular complexity index is 1170. The molecule has 1 aliphatic carbocycles. The fraction of sp³-hybridized carbons (Fsp3) is 0.0870. The largest absolute Gasteiger partial charge is 0.484 e. The molecule has 0 spiro atoms. The molecule has 0 saturated carbocycles. The summed E-state index contributed by atoms with van der Waals surface area (Å²) < 4.78 is 5.48. The Morgan fingerprint density at radius 3 is 2.24 bits per heavy atom. The lowest BCUT2D eigenvalue weighted by Gasteiger charge is -2.18. The Morgan fingerprint density at radius 2 is 1.55 bits per heavy atom. The van der Waals surface area contributed by atoms with Crippen LogP contribution in [-0.4, -0.2) is 24.1 Å². The zero-order valence-electron chi connectivity index (χ0n) is 15.5. The first-order valence-electron chi connectivity index (χ1n) is 8.95. The minimum absolute atomic E-state index is 0.200. The van der Waals surface area contributed by atoms with Gasteiger partial charge in [-0.2, -0.15) is 0 Å². The molecule has 0 radical (unpaired) electrons. The maximum Gasteiger partial charge on any atom is 0.262 e. The third-order valence-electron chi connectivity index (χ3n) is 4.71. The second-order valence-electron chi connectivity index (χ2n) is 6.71. The number of nitrogens with one attached hydrogen (secondary N) is 1. The third-order valence-corrected chi connectivity index (χ3v) is 5.13. The molecular weight excluding hydrogens is 390 g/mol. The number of ketones is 2. The highest BCUT2D eigenvalue weighted by molar-refractivity contribution is 6.31. The van der Waals surface area contributed by atoms with Gasteiger partial charge >= 0.3 is 0 Å². The van der Waals surface area contributed by atoms with Gasteiger partial charge in [0.25, 0.3) is 5.91 Å². The molecule has 0 bridgehead atoms. The topological polar surface area (TPSA) is 72.5 Å². The molecule has 29 heavy (non-hydrogen) atoms. The van der Waals surface area contributed by atoms with Crippen molar-refractivity contribution in [2.75, 3.05) is 11.9 Å². The predicted octanol–water partition coefficient (Wildman–Crippen LogP) is 4.44. The van der Waals surface area contributed by atoms with Gasteiger partial charge in [-0.15, -0.1) is 0 Å². The fourth-order valence-corrected chi connectivity index (χ4v) is 3.35. The minimum atomic E-state index is -0.382. The van der Waals surface area contributed by atoms with Gasteiger partial charge in [0.05, 0.1) is 0 Å². The van der Waals surface area contributed by atoms with Gasteiger partial charge in [-0.3, -0.25) is 14.4 Å². The van der Waals surface area contributed by atoms with Crippen molar-refractivity contribution in [1.82, 2.24) is 0 Å². The summed E-state index contributed by atoms with van der Waals surface area (Å²) in [5.41, 5.74) is 2.65. The van der Waals surface area contributed by atoms with Gasteiger partial charge in [0.15, 0.2) is 18.2 Å². The summed E-state index contributed by atoms with van der Waals surface area (Å²) >= 11 is 5.98. The lowest BCUT2D eigenvalue weighted by molar-refractivity contribution is -0.118. The average molecular weight is 406 g/mol. The number of amides is 1. The molecule has 0 heterocycles. The number of anilines is 1. The molecule has 1 N–H and O–H groups in total. The van der Waals surface area contributed by atoms with Crippen LogP contribution in [0.2, 0.25) is 5.02 Å². The van der Waals surface area contributed by atoms with Crippen LogP contribution in [-0.2, 0) is 4.79 Å². The van der Waals surface area contributed by atoms with Gasteiger partial charge in [0.1, 0.15) is 5.75 Å². The number of benzene rings is 3. The van der Waals surface area contributed by atoms with Gasteiger partial charge in [-0.25, -0.2) is 0 Å². The van der Waals surface area contributed by atoms with Crippen molar-refractivity contribution >= 4 is 34.8 Å². The number of hydrogen-bond acceptors (Lipinski definition) is 4. The third kappa shape index (κ3) is 3.65. The number of aryl methyl sites for hydroxylation is 1. The van der Waals surface area contributed by atoms with Crippen LogP contribution in [0, 0.1) is 6.92 Å². The summed E-state index contributed by atoms with van der Waals surface area (Å²) in [7, 11) is 0. The lowest BCUT2D eigenvalue weighted by Crippen LogP contribution is -2.23. The molecule has 0 aliphatic heterocycles. The van der Waals surface area contributed by atoms with Gasteiger partial charge < -0.3 is 10.1 Å². The van der Waals surface area contributed by atoms with Crippen molar-refractivity contribution in [3.8, 4) is 5.75 Å². The van der Waals surface area contributed by atoms with E-state index >= 15 is 0 Å². The predicted molar refractivity (Wildman–Crippen MR) is 110 cm³/mol. The molecule has 0 fully saturated rings. The summed E-state index contributed by atoms with van der Waals surface area (Å²) in [6.07, 6.45) is 0. The molecule has 5 nitrogen and oxygen atoms in total. The van der Waals surface area contributed by atoms with E-state index in [1.807, 2.05) is 6.92 Å². The van der Waals surface area contributed by atoms with Crippen LogP contribution in [0.25, 0.3) is 0 Å². The highest BCUT2D eigenvalue weighted by Gasteiger charge is 2.29. The van der Waals surface area contributed by atoms with Crippen molar-refractivity contribution in [3.05, 3.63) is 93.5 Å². The minimum Gasteiger partial charge on any atom is -0.484 e. The van der Waals surface area contributed by atoms with E-state index in [2.05, 4.69) is 5.32 Å². The van der Waals surface area contributed by atoms with Crippen LogP contribution >= 0.6 is 11.6 Å². The SMILES string of the molecule is Cc1cc(OCC(=O)Nc2ccc3c(c2)C(=O)c2ccccc2C3=O)ccc1Cl. The molecule has 144 valence electrons. The molecule has 0 saturated heterocycles. The smallest absolute Gasteiger partial charge is 0.262 e. The average Bonchev–Trinajstić information content (AvgIpc) is 2.73. The van der Waals surface area contributed by atoms with Crippen LogP contribution < -0.4 is 10.1 Å². The maximum atomic E-state index is 12.8. The molecule has 0 aromatic heterocycles. The summed E-state index contributed by atoms with van der Waals surface area (Å²) in [5, 5.41) is 3.32. The molecule has 4 rings (SSSR count). The maximum absolute atomic E-state index is 12.8. The summed E-state index contributed by atoms with van der Waals surface area (Å²) in [6.45, 7) is 1.65. The van der Waals surface area contributed by atoms with E-state index in [0.717, 1.165) is 5.56 Å². The molecule has 3 aromatic rings. The Morgan fingerprint density at radius 1 is 0.897 bits per heavy atom. The van der Waals surface area contributed by atoms with Crippen molar-refractivity contribution < 1.29 is 19.1 Å². The quantitative estimate of drug-likeness (QED) is 0.544. The standard InChI is InChI=1S/C23H16ClNO4/c1-13-10-15(7-9-20(13)24)29-12-21(26)25-14-6-8-18-19(11-14)23(28)17-5-3-2-4-16(17)22(18)27/h2-11H,12H2,1H3,(H,25,26). The van der Waals surface area contributed by atoms with Crippen LogP contribution in [0.1, 0.15) is 37.4 Å². The normalized spacial score (nSPS) is 12.2. The molecule has 3 aromatic carbocycles. The Hall–Kier alpha value is -3.44. The van der Waals surface area contributed by atoms with Crippen molar-refractivity contribution in [2.45, 2.75) is 6.92 Å². The fourth-order valence-electron chi connectivity index (χ4n) is 3.23. The monoisotopic (exact) mass is 405 g/mol. The second-order valence-corrected chi connectivity index (χ2v) is 7.12. The summed E-state index contributed by atoms with van der Waals surface area (Å²) in [5.74, 6) is -0.286. The molecule has 0 unspecified atom stereocenters. The Labute approximate surface area is 172 Å². The van der Waals surface area contributed by atoms with E-state index in [-0.39, 0.29) is 29.6 Å². The van der Waals surface area contributed by atoms with Crippen LogP contribution in [0.15, 0.2) is 60.7 Å². The summed E-state index contributed by atoms with van der Waals surface area (Å²) in [6, 6.07) is 16.5. The van der Waals surface area contributed by atoms with E-state index in [4.69, 9.17) is 16.3 Å². The molecule has 1 amide bonds. The van der Waals surface area contributed by atoms with Crippen molar-refractivity contribution in [1.29, 1.82) is 0 Å². The number of carbonyl (C=O) groups is 3. The second kappa shape index (κ2) is 7.53. The zero-order valence-corrected chi connectivity index (χ0v) is 16.2. The van der Waals surface area contributed by atoms with Gasteiger partial charge in [-0.1, -0.05) is 35.9 Å². The first-order valence-corrected chi connectivity index (χ1v) is 9.33. The number of hydrogen-bond donors (Lipinski definition) is 1. The molecule has 6 heteroatoms. The first kappa shape index (κ1) is 18.9. The zero-order chi connectivity index (χ0) is 20.5. The van der Waals surface area contributed by atoms with E-state index in [0.29, 0.717) is 33.1 Å². The van der Waals surface area contributed by atoms with Crippen molar-refractivity contribution in [2.24, 2.45) is 0 Å². The van der Waals surface area contributed by atoms with Gasteiger partial charge in [0.2, 0.25) is 0 Å². The van der Waals surface area contributed by atoms with Crippen LogP contribution in [0.5, 0.6) is 5.75 Å². The van der Waals surface area contributed by atoms with Gasteiger partial charge in [0, 0.05) is 33.0 Å². The Kier molecular flexibility index (Phi) is 4.91. The van der Waals surface area contributed by atoms with Crippen molar-refractivity contribution in [3.63, 3.8) is 0 Å². The molecular formula is C23H16ClNO4. The van der Waals surface area contributed by atoms with E-state index in [9.17, 15) is 14.4 Å². The first-order chi connectivity index (χ1) is 13.9. The number of halogens is 1. The lowest BCUT2D eigenvalue weighted by atomic mass is 9.84. The number of rotatable bonds is 4. The highest BCUT2D eigenvalue weighted by atomic mass is 35.5. The highest BCUT2D eigenvalue weighted by Crippen LogP contribution is 2.29. The number of ether oxygens (including phenoxy) is 1. The number of carbonyl (C=O) groups excluding carboxylic acids is 3. The Balaban J connectivity index is 1.49. The van der Waals surface area contributed by atoms with E-state index in [1.54, 1.807) is 54.6 Å². The van der Waals surface area contributed by atoms with Crippen LogP contribution in [0.4, 0.5) is 5.69 Å².